The van der Waals surface area contributed by atoms with Crippen LogP contribution in [0.15, 0.2) is 12.3 Å². The second-order valence-electron chi connectivity index (χ2n) is 2.97. The molecule has 0 radical (unpaired) electrons. The van der Waals surface area contributed by atoms with Crippen LogP contribution in [0.5, 0.6) is 0 Å². The summed E-state index contributed by atoms with van der Waals surface area (Å²) in [5.41, 5.74) is 0. The molecule has 0 atom stereocenters. The lowest BCUT2D eigenvalue weighted by Crippen LogP contribution is -2.45. The summed E-state index contributed by atoms with van der Waals surface area (Å²) in [5, 5.41) is 4.87. The largest absolute Gasteiger partial charge is 0.302 e. The van der Waals surface area contributed by atoms with Gasteiger partial charge in [-0.1, -0.05) is 11.6 Å². The molecule has 0 aromatic carbocycles. The molecule has 1 fully saturated rings. The number of halogens is 1. The summed E-state index contributed by atoms with van der Waals surface area (Å²) in [6, 6.07) is 2.31. The number of likely N-dealkylation sites (tertiary alicyclic amines) is 1. The molecule has 60 valence electrons. The number of rotatable bonds is 1. The van der Waals surface area contributed by atoms with Gasteiger partial charge >= 0.3 is 0 Å². The topological polar surface area (TPSA) is 21.1 Å². The Hall–Kier alpha value is -0.540. The summed E-state index contributed by atoms with van der Waals surface area (Å²) in [7, 11) is 2.09. The molecule has 2 rings (SSSR count). The van der Waals surface area contributed by atoms with Crippen LogP contribution >= 0.6 is 11.6 Å². The van der Waals surface area contributed by atoms with E-state index in [4.69, 9.17) is 11.6 Å². The van der Waals surface area contributed by atoms with E-state index >= 15 is 0 Å². The zero-order valence-electron chi connectivity index (χ0n) is 6.37. The van der Waals surface area contributed by atoms with Crippen LogP contribution in [0, 0.1) is 0 Å². The van der Waals surface area contributed by atoms with E-state index in [-0.39, 0.29) is 0 Å². The van der Waals surface area contributed by atoms with Crippen LogP contribution < -0.4 is 0 Å². The molecule has 0 unspecified atom stereocenters. The van der Waals surface area contributed by atoms with Gasteiger partial charge in [0.1, 0.15) is 5.15 Å². The number of likely N-dealkylation sites (N-methyl/N-ethyl adjacent to an activating group) is 1. The minimum absolute atomic E-state index is 0.488. The fourth-order valence-corrected chi connectivity index (χ4v) is 1.63. The van der Waals surface area contributed by atoms with Crippen molar-refractivity contribution in [3.63, 3.8) is 0 Å². The van der Waals surface area contributed by atoms with E-state index in [1.807, 2.05) is 10.7 Å². The van der Waals surface area contributed by atoms with Crippen LogP contribution in [0.1, 0.15) is 6.04 Å². The predicted octanol–water partition coefficient (Wildman–Crippen LogP) is 1.02. The van der Waals surface area contributed by atoms with Crippen molar-refractivity contribution in [2.75, 3.05) is 20.1 Å². The lowest BCUT2D eigenvalue weighted by atomic mass is 10.1. The molecule has 2 heterocycles. The first-order valence-electron chi connectivity index (χ1n) is 3.65. The Kier molecular flexibility index (Phi) is 1.62. The average Bonchev–Trinajstić information content (AvgIpc) is 2.29. The number of hydrogen-bond acceptors (Lipinski definition) is 2. The second-order valence-corrected chi connectivity index (χ2v) is 3.36. The Morgan fingerprint density at radius 2 is 2.36 bits per heavy atom. The van der Waals surface area contributed by atoms with Crippen molar-refractivity contribution in [3.05, 3.63) is 17.4 Å². The average molecular weight is 172 g/mol. The highest BCUT2D eigenvalue weighted by Gasteiger charge is 2.26. The van der Waals surface area contributed by atoms with Gasteiger partial charge in [0.05, 0.1) is 12.2 Å². The van der Waals surface area contributed by atoms with E-state index in [0.717, 1.165) is 18.2 Å². The lowest BCUT2D eigenvalue weighted by molar-refractivity contribution is 0.131. The van der Waals surface area contributed by atoms with Crippen molar-refractivity contribution in [2.24, 2.45) is 0 Å². The molecular weight excluding hydrogens is 162 g/mol. The Balaban J connectivity index is 2.12. The van der Waals surface area contributed by atoms with Crippen molar-refractivity contribution in [1.82, 2.24) is 14.7 Å². The summed E-state index contributed by atoms with van der Waals surface area (Å²) in [6.45, 7) is 2.11. The monoisotopic (exact) mass is 171 g/mol. The summed E-state index contributed by atoms with van der Waals surface area (Å²) in [4.78, 5) is 2.24. The van der Waals surface area contributed by atoms with Crippen LogP contribution in [0.4, 0.5) is 0 Å². The van der Waals surface area contributed by atoms with Gasteiger partial charge in [-0.25, -0.2) is 4.68 Å². The standard InChI is InChI=1S/C7H10ClN3/c1-10-4-6(5-10)11-7(8)2-3-9-11/h2-3,6H,4-5H2,1H3. The number of aromatic nitrogens is 2. The van der Waals surface area contributed by atoms with E-state index in [0.29, 0.717) is 6.04 Å². The van der Waals surface area contributed by atoms with Crippen LogP contribution in [-0.4, -0.2) is 34.8 Å². The third-order valence-electron chi connectivity index (χ3n) is 2.01. The Labute approximate surface area is 70.6 Å². The molecule has 1 aromatic rings. The molecule has 0 saturated carbocycles. The highest BCUT2D eigenvalue weighted by atomic mass is 35.5. The first kappa shape index (κ1) is 7.13. The minimum atomic E-state index is 0.488. The summed E-state index contributed by atoms with van der Waals surface area (Å²) >= 11 is 5.88. The Morgan fingerprint density at radius 1 is 1.64 bits per heavy atom. The van der Waals surface area contributed by atoms with E-state index in [1.54, 1.807) is 6.20 Å². The summed E-state index contributed by atoms with van der Waals surface area (Å²) in [6.07, 6.45) is 1.74. The smallest absolute Gasteiger partial charge is 0.127 e. The zero-order valence-corrected chi connectivity index (χ0v) is 7.12. The van der Waals surface area contributed by atoms with E-state index < -0.39 is 0 Å². The van der Waals surface area contributed by atoms with E-state index in [2.05, 4.69) is 17.0 Å². The normalized spacial score (nSPS) is 20.2. The number of hydrogen-bond donors (Lipinski definition) is 0. The molecule has 0 spiro atoms. The molecule has 11 heavy (non-hydrogen) atoms. The molecule has 0 N–H and O–H groups in total. The molecule has 1 aliphatic rings. The van der Waals surface area contributed by atoms with Gasteiger partial charge < -0.3 is 4.90 Å². The lowest BCUT2D eigenvalue weighted by Gasteiger charge is -2.36. The Morgan fingerprint density at radius 3 is 2.82 bits per heavy atom. The fourth-order valence-electron chi connectivity index (χ4n) is 1.39. The third kappa shape index (κ3) is 1.14. The maximum absolute atomic E-state index is 5.88. The van der Waals surface area contributed by atoms with Crippen LogP contribution in [-0.2, 0) is 0 Å². The molecule has 3 nitrogen and oxygen atoms in total. The molecule has 0 bridgehead atoms. The van der Waals surface area contributed by atoms with Crippen LogP contribution in [0.2, 0.25) is 5.15 Å². The molecule has 0 aliphatic carbocycles. The zero-order chi connectivity index (χ0) is 7.84. The van der Waals surface area contributed by atoms with Gasteiger partial charge in [0, 0.05) is 13.1 Å². The third-order valence-corrected chi connectivity index (χ3v) is 2.31. The van der Waals surface area contributed by atoms with Gasteiger partial charge in [0.2, 0.25) is 0 Å². The van der Waals surface area contributed by atoms with Crippen LogP contribution in [0.25, 0.3) is 0 Å². The molecule has 0 amide bonds. The van der Waals surface area contributed by atoms with Gasteiger partial charge in [-0.15, -0.1) is 0 Å². The highest BCUT2D eigenvalue weighted by molar-refractivity contribution is 6.29. The highest BCUT2D eigenvalue weighted by Crippen LogP contribution is 2.22. The SMILES string of the molecule is CN1CC(n2nccc2Cl)C1. The maximum Gasteiger partial charge on any atom is 0.127 e. The van der Waals surface area contributed by atoms with Crippen molar-refractivity contribution in [2.45, 2.75) is 6.04 Å². The first-order valence-corrected chi connectivity index (χ1v) is 4.03. The van der Waals surface area contributed by atoms with Crippen molar-refractivity contribution in [3.8, 4) is 0 Å². The van der Waals surface area contributed by atoms with Crippen molar-refractivity contribution < 1.29 is 0 Å². The fraction of sp³-hybridized carbons (Fsp3) is 0.571. The Bertz CT molecular complexity index is 252. The van der Waals surface area contributed by atoms with Crippen molar-refractivity contribution >= 4 is 11.6 Å². The minimum Gasteiger partial charge on any atom is -0.302 e. The van der Waals surface area contributed by atoms with Crippen LogP contribution in [0.3, 0.4) is 0 Å². The first-order chi connectivity index (χ1) is 5.27. The van der Waals surface area contributed by atoms with E-state index in [1.165, 1.54) is 0 Å². The van der Waals surface area contributed by atoms with Gasteiger partial charge in [-0.05, 0) is 13.1 Å². The predicted molar refractivity (Wildman–Crippen MR) is 43.8 cm³/mol. The molecular formula is C7H10ClN3. The van der Waals surface area contributed by atoms with Gasteiger partial charge in [-0.2, -0.15) is 5.10 Å². The summed E-state index contributed by atoms with van der Waals surface area (Å²) in [5.74, 6) is 0. The van der Waals surface area contributed by atoms with E-state index in [9.17, 15) is 0 Å². The molecule has 1 saturated heterocycles. The van der Waals surface area contributed by atoms with Gasteiger partial charge in [-0.3, -0.25) is 0 Å². The second kappa shape index (κ2) is 2.50. The van der Waals surface area contributed by atoms with Gasteiger partial charge in [0.25, 0.3) is 0 Å². The van der Waals surface area contributed by atoms with Gasteiger partial charge in [0.15, 0.2) is 0 Å². The number of nitrogens with zero attached hydrogens (tertiary/aromatic N) is 3. The van der Waals surface area contributed by atoms with Crippen molar-refractivity contribution in [1.29, 1.82) is 0 Å². The molecule has 1 aromatic heterocycles. The molecule has 4 heteroatoms. The quantitative estimate of drug-likeness (QED) is 0.629. The molecule has 1 aliphatic heterocycles. The maximum atomic E-state index is 5.88. The summed E-state index contributed by atoms with van der Waals surface area (Å²) < 4.78 is 1.88.